The summed E-state index contributed by atoms with van der Waals surface area (Å²) in [6.45, 7) is 6.16. The molecule has 0 amide bonds. The quantitative estimate of drug-likeness (QED) is 0.605. The van der Waals surface area contributed by atoms with Crippen molar-refractivity contribution in [1.29, 1.82) is 0 Å². The molecule has 1 fully saturated rings. The number of hydrogen-bond donors (Lipinski definition) is 0. The first-order chi connectivity index (χ1) is 5.54. The van der Waals surface area contributed by atoms with Crippen LogP contribution in [-0.4, -0.2) is 19.0 Å². The molecule has 0 heterocycles. The lowest BCUT2D eigenvalue weighted by Gasteiger charge is -2.30. The van der Waals surface area contributed by atoms with Crippen molar-refractivity contribution in [3.63, 3.8) is 0 Å². The summed E-state index contributed by atoms with van der Waals surface area (Å²) >= 11 is 0. The molecule has 0 aromatic heterocycles. The van der Waals surface area contributed by atoms with Gasteiger partial charge in [0.05, 0.1) is 7.14 Å². The first kappa shape index (κ1) is 10.3. The zero-order valence-electron chi connectivity index (χ0n) is 8.55. The molecule has 0 saturated heterocycles. The Hall–Kier alpha value is 0.230. The lowest BCUT2D eigenvalue weighted by Crippen LogP contribution is -2.18. The highest BCUT2D eigenvalue weighted by molar-refractivity contribution is 7.63. The van der Waals surface area contributed by atoms with Gasteiger partial charge >= 0.3 is 0 Å². The van der Waals surface area contributed by atoms with Crippen LogP contribution in [0.4, 0.5) is 0 Å². The van der Waals surface area contributed by atoms with Crippen LogP contribution in [0.2, 0.25) is 0 Å². The first-order valence-corrected chi connectivity index (χ1v) is 7.75. The van der Waals surface area contributed by atoms with Crippen molar-refractivity contribution in [2.45, 2.75) is 44.7 Å². The van der Waals surface area contributed by atoms with E-state index in [4.69, 9.17) is 0 Å². The van der Waals surface area contributed by atoms with Gasteiger partial charge in [-0.25, -0.2) is 0 Å². The minimum atomic E-state index is -1.78. The Morgan fingerprint density at radius 2 is 1.67 bits per heavy atom. The molecule has 0 N–H and O–H groups in total. The third-order valence-electron chi connectivity index (χ3n) is 3.27. The predicted molar refractivity (Wildman–Crippen MR) is 55.5 cm³/mol. The van der Waals surface area contributed by atoms with Crippen molar-refractivity contribution in [3.8, 4) is 0 Å². The minimum Gasteiger partial charge on any atom is -0.324 e. The largest absolute Gasteiger partial charge is 0.324 e. The molecule has 0 aromatic carbocycles. The molecule has 0 bridgehead atoms. The summed E-state index contributed by atoms with van der Waals surface area (Å²) in [5, 5.41) is 0. The van der Waals surface area contributed by atoms with Crippen LogP contribution in [0.25, 0.3) is 0 Å². The Kier molecular flexibility index (Phi) is 3.40. The van der Waals surface area contributed by atoms with Gasteiger partial charge in [-0.2, -0.15) is 0 Å². The maximum absolute atomic E-state index is 11.8. The van der Waals surface area contributed by atoms with Gasteiger partial charge in [-0.1, -0.05) is 13.3 Å². The van der Waals surface area contributed by atoms with E-state index in [1.807, 2.05) is 13.3 Å². The summed E-state index contributed by atoms with van der Waals surface area (Å²) in [5.74, 6) is 0.924. The zero-order valence-corrected chi connectivity index (χ0v) is 9.44. The third kappa shape index (κ3) is 2.62. The van der Waals surface area contributed by atoms with E-state index in [9.17, 15) is 4.57 Å². The van der Waals surface area contributed by atoms with Gasteiger partial charge in [-0.15, -0.1) is 0 Å². The Morgan fingerprint density at radius 3 is 2.00 bits per heavy atom. The van der Waals surface area contributed by atoms with E-state index in [1.165, 1.54) is 32.1 Å². The van der Waals surface area contributed by atoms with Gasteiger partial charge in [-0.3, -0.25) is 0 Å². The molecule has 72 valence electrons. The van der Waals surface area contributed by atoms with E-state index in [0.717, 1.165) is 5.92 Å². The van der Waals surface area contributed by atoms with Crippen LogP contribution in [0.3, 0.4) is 0 Å². The molecular formula is C10H21OP. The van der Waals surface area contributed by atoms with Crippen LogP contribution in [-0.2, 0) is 4.57 Å². The Morgan fingerprint density at radius 1 is 1.17 bits per heavy atom. The molecular weight excluding hydrogens is 167 g/mol. The van der Waals surface area contributed by atoms with E-state index in [1.54, 1.807) is 0 Å². The van der Waals surface area contributed by atoms with E-state index in [0.29, 0.717) is 5.66 Å². The van der Waals surface area contributed by atoms with Gasteiger partial charge in [0.25, 0.3) is 0 Å². The second kappa shape index (κ2) is 3.96. The molecule has 12 heavy (non-hydrogen) atoms. The fraction of sp³-hybridized carbons (Fsp3) is 1.00. The van der Waals surface area contributed by atoms with Crippen LogP contribution < -0.4 is 0 Å². The lowest BCUT2D eigenvalue weighted by molar-refractivity contribution is 0.349. The molecule has 0 radical (unpaired) electrons. The van der Waals surface area contributed by atoms with Crippen molar-refractivity contribution >= 4 is 7.14 Å². The van der Waals surface area contributed by atoms with Gasteiger partial charge in [0, 0.05) is 5.66 Å². The summed E-state index contributed by atoms with van der Waals surface area (Å²) < 4.78 is 11.8. The molecule has 0 aliphatic heterocycles. The molecule has 0 spiro atoms. The molecule has 0 aromatic rings. The smallest absolute Gasteiger partial charge is 0.0848 e. The van der Waals surface area contributed by atoms with E-state index < -0.39 is 7.14 Å². The number of rotatable bonds is 2. The highest BCUT2D eigenvalue weighted by atomic mass is 31.2. The minimum absolute atomic E-state index is 0.542. The monoisotopic (exact) mass is 188 g/mol. The van der Waals surface area contributed by atoms with Crippen molar-refractivity contribution in [2.24, 2.45) is 5.92 Å². The molecule has 1 saturated carbocycles. The summed E-state index contributed by atoms with van der Waals surface area (Å²) in [6.07, 6.45) is 6.36. The maximum Gasteiger partial charge on any atom is 0.0848 e. The predicted octanol–water partition coefficient (Wildman–Crippen LogP) is 3.58. The molecule has 1 aliphatic carbocycles. The molecule has 1 aliphatic rings. The standard InChI is InChI=1S/C10H21OP/c1-4-9-5-7-10(8-6-9)12(2,3)11/h9-10H,4-8H2,1-3H3. The SMILES string of the molecule is CCC1CCC(P(C)(C)=O)CC1. The van der Waals surface area contributed by atoms with E-state index >= 15 is 0 Å². The average Bonchev–Trinajstić information content (AvgIpc) is 2.03. The molecule has 1 rings (SSSR count). The zero-order chi connectivity index (χ0) is 9.19. The van der Waals surface area contributed by atoms with Gasteiger partial charge in [-0.05, 0) is 44.9 Å². The van der Waals surface area contributed by atoms with Gasteiger partial charge < -0.3 is 4.57 Å². The van der Waals surface area contributed by atoms with Crippen molar-refractivity contribution < 1.29 is 4.57 Å². The Bertz CT molecular complexity index is 174. The highest BCUT2D eigenvalue weighted by Crippen LogP contribution is 2.50. The average molecular weight is 188 g/mol. The van der Waals surface area contributed by atoms with Crippen LogP contribution in [0.1, 0.15) is 39.0 Å². The first-order valence-electron chi connectivity index (χ1n) is 5.08. The molecule has 0 atom stereocenters. The van der Waals surface area contributed by atoms with Gasteiger partial charge in [0.15, 0.2) is 0 Å². The van der Waals surface area contributed by atoms with E-state index in [2.05, 4.69) is 6.92 Å². The molecule has 2 heteroatoms. The van der Waals surface area contributed by atoms with Crippen LogP contribution >= 0.6 is 7.14 Å². The fourth-order valence-corrected chi connectivity index (χ4v) is 3.72. The third-order valence-corrected chi connectivity index (χ3v) is 5.55. The lowest BCUT2D eigenvalue weighted by atomic mass is 9.87. The highest BCUT2D eigenvalue weighted by Gasteiger charge is 2.27. The maximum atomic E-state index is 11.8. The topological polar surface area (TPSA) is 17.1 Å². The summed E-state index contributed by atoms with van der Waals surface area (Å²) in [5.41, 5.74) is 0.542. The fourth-order valence-electron chi connectivity index (χ4n) is 2.17. The van der Waals surface area contributed by atoms with Crippen LogP contribution in [0.5, 0.6) is 0 Å². The van der Waals surface area contributed by atoms with Crippen molar-refractivity contribution in [2.75, 3.05) is 13.3 Å². The van der Waals surface area contributed by atoms with Gasteiger partial charge in [0.1, 0.15) is 0 Å². The van der Waals surface area contributed by atoms with Gasteiger partial charge in [0.2, 0.25) is 0 Å². The Balaban J connectivity index is 2.41. The van der Waals surface area contributed by atoms with Crippen LogP contribution in [0, 0.1) is 5.92 Å². The molecule has 0 unspecified atom stereocenters. The van der Waals surface area contributed by atoms with Crippen molar-refractivity contribution in [3.05, 3.63) is 0 Å². The van der Waals surface area contributed by atoms with Crippen molar-refractivity contribution in [1.82, 2.24) is 0 Å². The summed E-state index contributed by atoms with van der Waals surface area (Å²) in [7, 11) is -1.78. The second-order valence-electron chi connectivity index (χ2n) is 4.52. The summed E-state index contributed by atoms with van der Waals surface area (Å²) in [6, 6.07) is 0. The molecule has 1 nitrogen and oxygen atoms in total. The van der Waals surface area contributed by atoms with E-state index in [-0.39, 0.29) is 0 Å². The number of hydrogen-bond acceptors (Lipinski definition) is 1. The second-order valence-corrected chi connectivity index (χ2v) is 8.12. The normalized spacial score (nSPS) is 31.9. The Labute approximate surface area is 76.3 Å². The summed E-state index contributed by atoms with van der Waals surface area (Å²) in [4.78, 5) is 0. The van der Waals surface area contributed by atoms with Crippen LogP contribution in [0.15, 0.2) is 0 Å².